The SMILES string of the molecule is Cl.N[C@@H]1CCN(Cc2cc3c(cc2Br)OCCO3)C1. The molecule has 1 fully saturated rings. The third kappa shape index (κ3) is 3.34. The van der Waals surface area contributed by atoms with Crippen molar-refractivity contribution < 1.29 is 9.47 Å². The average Bonchev–Trinajstić information content (AvgIpc) is 2.76. The summed E-state index contributed by atoms with van der Waals surface area (Å²) >= 11 is 3.60. The van der Waals surface area contributed by atoms with Gasteiger partial charge in [-0.1, -0.05) is 15.9 Å². The zero-order valence-corrected chi connectivity index (χ0v) is 13.0. The topological polar surface area (TPSA) is 47.7 Å². The maximum absolute atomic E-state index is 5.93. The fourth-order valence-electron chi connectivity index (χ4n) is 2.47. The molecule has 2 N–H and O–H groups in total. The lowest BCUT2D eigenvalue weighted by Gasteiger charge is -2.22. The van der Waals surface area contributed by atoms with Crippen molar-refractivity contribution in [2.24, 2.45) is 5.73 Å². The molecule has 1 aromatic rings. The zero-order chi connectivity index (χ0) is 12.5. The van der Waals surface area contributed by atoms with Crippen LogP contribution in [0.25, 0.3) is 0 Å². The number of nitrogens with zero attached hydrogens (tertiary/aromatic N) is 1. The minimum absolute atomic E-state index is 0. The number of fused-ring (bicyclic) bond motifs is 1. The lowest BCUT2D eigenvalue weighted by Crippen LogP contribution is -2.26. The molecular formula is C13H18BrClN2O2. The molecule has 2 aliphatic rings. The molecule has 0 spiro atoms. The van der Waals surface area contributed by atoms with Gasteiger partial charge in [0.05, 0.1) is 0 Å². The van der Waals surface area contributed by atoms with Crippen LogP contribution in [0.15, 0.2) is 16.6 Å². The molecule has 106 valence electrons. The van der Waals surface area contributed by atoms with Gasteiger partial charge in [0, 0.05) is 30.1 Å². The highest BCUT2D eigenvalue weighted by Gasteiger charge is 2.21. The summed E-state index contributed by atoms with van der Waals surface area (Å²) in [7, 11) is 0. The van der Waals surface area contributed by atoms with Crippen molar-refractivity contribution in [1.29, 1.82) is 0 Å². The lowest BCUT2D eigenvalue weighted by molar-refractivity contribution is 0.171. The van der Waals surface area contributed by atoms with Gasteiger partial charge in [0.1, 0.15) is 13.2 Å². The van der Waals surface area contributed by atoms with E-state index in [0.717, 1.165) is 42.0 Å². The van der Waals surface area contributed by atoms with Crippen LogP contribution in [0.5, 0.6) is 11.5 Å². The lowest BCUT2D eigenvalue weighted by atomic mass is 10.2. The van der Waals surface area contributed by atoms with Gasteiger partial charge in [0.25, 0.3) is 0 Å². The van der Waals surface area contributed by atoms with Crippen LogP contribution in [0, 0.1) is 0 Å². The van der Waals surface area contributed by atoms with Gasteiger partial charge in [-0.15, -0.1) is 12.4 Å². The third-order valence-corrected chi connectivity index (χ3v) is 4.15. The summed E-state index contributed by atoms with van der Waals surface area (Å²) in [6, 6.07) is 4.39. The monoisotopic (exact) mass is 348 g/mol. The minimum atomic E-state index is 0. The molecule has 0 bridgehead atoms. The molecule has 0 unspecified atom stereocenters. The Kier molecular flexibility index (Phi) is 4.95. The van der Waals surface area contributed by atoms with Gasteiger partial charge in [-0.2, -0.15) is 0 Å². The molecule has 6 heteroatoms. The number of likely N-dealkylation sites (tertiary alicyclic amines) is 1. The van der Waals surface area contributed by atoms with Crippen molar-refractivity contribution in [1.82, 2.24) is 4.90 Å². The van der Waals surface area contributed by atoms with Crippen LogP contribution in [0.4, 0.5) is 0 Å². The fourth-order valence-corrected chi connectivity index (χ4v) is 2.92. The second kappa shape index (κ2) is 6.31. The average molecular weight is 350 g/mol. The maximum atomic E-state index is 5.93. The van der Waals surface area contributed by atoms with Crippen molar-refractivity contribution >= 4 is 28.3 Å². The Bertz CT molecular complexity index is 459. The van der Waals surface area contributed by atoms with Crippen LogP contribution in [0.1, 0.15) is 12.0 Å². The van der Waals surface area contributed by atoms with Crippen molar-refractivity contribution in [3.63, 3.8) is 0 Å². The van der Waals surface area contributed by atoms with Crippen molar-refractivity contribution in [3.05, 3.63) is 22.2 Å². The van der Waals surface area contributed by atoms with Gasteiger partial charge < -0.3 is 15.2 Å². The van der Waals surface area contributed by atoms with Crippen LogP contribution in [-0.2, 0) is 6.54 Å². The molecule has 4 nitrogen and oxygen atoms in total. The van der Waals surface area contributed by atoms with Crippen LogP contribution >= 0.6 is 28.3 Å². The van der Waals surface area contributed by atoms with Crippen molar-refractivity contribution in [3.8, 4) is 11.5 Å². The molecule has 3 rings (SSSR count). The highest BCUT2D eigenvalue weighted by molar-refractivity contribution is 9.10. The summed E-state index contributed by atoms with van der Waals surface area (Å²) in [5, 5.41) is 0. The predicted molar refractivity (Wildman–Crippen MR) is 80.2 cm³/mol. The first kappa shape index (κ1) is 14.9. The predicted octanol–water partition coefficient (Wildman–Crippen LogP) is 2.18. The minimum Gasteiger partial charge on any atom is -0.486 e. The Labute approximate surface area is 127 Å². The zero-order valence-electron chi connectivity index (χ0n) is 10.6. The van der Waals surface area contributed by atoms with E-state index in [0.29, 0.717) is 19.3 Å². The molecule has 2 heterocycles. The number of hydrogen-bond donors (Lipinski definition) is 1. The Morgan fingerprint density at radius 1 is 1.26 bits per heavy atom. The van der Waals surface area contributed by atoms with E-state index >= 15 is 0 Å². The second-order valence-electron chi connectivity index (χ2n) is 4.87. The summed E-state index contributed by atoms with van der Waals surface area (Å²) in [5.41, 5.74) is 7.16. The highest BCUT2D eigenvalue weighted by Crippen LogP contribution is 2.36. The highest BCUT2D eigenvalue weighted by atomic mass is 79.9. The molecule has 1 atom stereocenters. The quantitative estimate of drug-likeness (QED) is 0.889. The van der Waals surface area contributed by atoms with Crippen LogP contribution in [-0.4, -0.2) is 37.2 Å². The van der Waals surface area contributed by atoms with E-state index in [-0.39, 0.29) is 12.4 Å². The number of benzene rings is 1. The van der Waals surface area contributed by atoms with Gasteiger partial charge in [0.2, 0.25) is 0 Å². The van der Waals surface area contributed by atoms with Gasteiger partial charge in [-0.25, -0.2) is 0 Å². The van der Waals surface area contributed by atoms with E-state index in [1.165, 1.54) is 5.56 Å². The molecule has 1 aromatic carbocycles. The molecule has 19 heavy (non-hydrogen) atoms. The van der Waals surface area contributed by atoms with Crippen LogP contribution < -0.4 is 15.2 Å². The maximum Gasteiger partial charge on any atom is 0.162 e. The van der Waals surface area contributed by atoms with Crippen molar-refractivity contribution in [2.75, 3.05) is 26.3 Å². The number of halogens is 2. The van der Waals surface area contributed by atoms with Crippen LogP contribution in [0.3, 0.4) is 0 Å². The van der Waals surface area contributed by atoms with Gasteiger partial charge in [0.15, 0.2) is 11.5 Å². The Hall–Kier alpha value is -0.490. The molecule has 1 saturated heterocycles. The van der Waals surface area contributed by atoms with E-state index in [2.05, 4.69) is 26.9 Å². The van der Waals surface area contributed by atoms with Crippen LogP contribution in [0.2, 0.25) is 0 Å². The normalized spacial score (nSPS) is 22.1. The first-order valence-corrected chi connectivity index (χ1v) is 7.07. The molecule has 0 radical (unpaired) electrons. The number of hydrogen-bond acceptors (Lipinski definition) is 4. The molecule has 0 saturated carbocycles. The molecule has 0 aliphatic carbocycles. The molecule has 0 aromatic heterocycles. The molecule has 2 aliphatic heterocycles. The Balaban J connectivity index is 0.00000133. The Morgan fingerprint density at radius 3 is 2.58 bits per heavy atom. The summed E-state index contributed by atoms with van der Waals surface area (Å²) in [6.07, 6.45) is 1.09. The summed E-state index contributed by atoms with van der Waals surface area (Å²) in [5.74, 6) is 1.68. The van der Waals surface area contributed by atoms with Gasteiger partial charge in [-0.05, 0) is 24.1 Å². The van der Waals surface area contributed by atoms with E-state index < -0.39 is 0 Å². The van der Waals surface area contributed by atoms with Gasteiger partial charge >= 0.3 is 0 Å². The number of nitrogens with two attached hydrogens (primary N) is 1. The standard InChI is InChI=1S/C13H17BrN2O2.ClH/c14-11-6-13-12(17-3-4-18-13)5-9(11)7-16-2-1-10(15)8-16;/h5-6,10H,1-4,7-8,15H2;1H/t10-;/m1./s1. The Morgan fingerprint density at radius 2 is 1.95 bits per heavy atom. The van der Waals surface area contributed by atoms with E-state index in [1.54, 1.807) is 0 Å². The summed E-state index contributed by atoms with van der Waals surface area (Å²) in [6.45, 7) is 4.20. The summed E-state index contributed by atoms with van der Waals surface area (Å²) in [4.78, 5) is 2.38. The number of ether oxygens (including phenoxy) is 2. The summed E-state index contributed by atoms with van der Waals surface area (Å²) < 4.78 is 12.2. The van der Waals surface area contributed by atoms with Gasteiger partial charge in [-0.3, -0.25) is 4.90 Å². The van der Waals surface area contributed by atoms with Crippen molar-refractivity contribution in [2.45, 2.75) is 19.0 Å². The van der Waals surface area contributed by atoms with E-state index in [9.17, 15) is 0 Å². The first-order valence-electron chi connectivity index (χ1n) is 6.28. The molecular weight excluding hydrogens is 332 g/mol. The molecule has 0 amide bonds. The third-order valence-electron chi connectivity index (χ3n) is 3.41. The van der Waals surface area contributed by atoms with E-state index in [1.807, 2.05) is 6.07 Å². The number of rotatable bonds is 2. The largest absolute Gasteiger partial charge is 0.486 e. The fraction of sp³-hybridized carbons (Fsp3) is 0.538. The second-order valence-corrected chi connectivity index (χ2v) is 5.73. The smallest absolute Gasteiger partial charge is 0.162 e. The van der Waals surface area contributed by atoms with E-state index in [4.69, 9.17) is 15.2 Å². The first-order chi connectivity index (χ1) is 8.72.